The number of anilines is 1. The van der Waals surface area contributed by atoms with Crippen molar-refractivity contribution in [3.63, 3.8) is 0 Å². The van der Waals surface area contributed by atoms with E-state index < -0.39 is 5.97 Å². The lowest BCUT2D eigenvalue weighted by Gasteiger charge is -2.08. The zero-order valence-electron chi connectivity index (χ0n) is 13.7. The van der Waals surface area contributed by atoms with E-state index in [-0.39, 0.29) is 5.91 Å². The lowest BCUT2D eigenvalue weighted by molar-refractivity contribution is 0.0602. The summed E-state index contributed by atoms with van der Waals surface area (Å²) >= 11 is 0. The van der Waals surface area contributed by atoms with Crippen LogP contribution in [-0.4, -0.2) is 28.8 Å². The molecule has 0 spiro atoms. The van der Waals surface area contributed by atoms with Gasteiger partial charge in [-0.2, -0.15) is 5.10 Å². The Morgan fingerprint density at radius 1 is 1.08 bits per heavy atom. The van der Waals surface area contributed by atoms with E-state index in [0.717, 1.165) is 5.56 Å². The summed E-state index contributed by atoms with van der Waals surface area (Å²) in [6.07, 6.45) is 3.17. The largest absolute Gasteiger partial charge is 0.465 e. The number of hydrogen-bond donors (Lipinski definition) is 1. The van der Waals surface area contributed by atoms with Crippen molar-refractivity contribution >= 4 is 17.6 Å². The molecule has 3 rings (SSSR count). The highest BCUT2D eigenvalue weighted by Crippen LogP contribution is 2.17. The van der Waals surface area contributed by atoms with Crippen LogP contribution in [0.15, 0.2) is 67.0 Å². The zero-order chi connectivity index (χ0) is 17.6. The maximum Gasteiger partial charge on any atom is 0.339 e. The molecule has 0 aliphatic rings. The van der Waals surface area contributed by atoms with Crippen LogP contribution >= 0.6 is 0 Å². The second kappa shape index (κ2) is 7.44. The van der Waals surface area contributed by atoms with Gasteiger partial charge in [-0.3, -0.25) is 9.48 Å². The Hall–Kier alpha value is -3.41. The fourth-order valence-corrected chi connectivity index (χ4v) is 2.41. The van der Waals surface area contributed by atoms with E-state index in [0.29, 0.717) is 23.4 Å². The number of esters is 1. The van der Waals surface area contributed by atoms with Crippen LogP contribution in [0.2, 0.25) is 0 Å². The minimum absolute atomic E-state index is 0.301. The number of carbonyl (C=O) groups excluding carboxylic acids is 2. The van der Waals surface area contributed by atoms with Crippen LogP contribution in [-0.2, 0) is 11.3 Å². The Kier molecular flexibility index (Phi) is 4.89. The van der Waals surface area contributed by atoms with Gasteiger partial charge in [0.15, 0.2) is 0 Å². The highest BCUT2D eigenvalue weighted by atomic mass is 16.5. The number of nitrogens with zero attached hydrogens (tertiary/aromatic N) is 2. The minimum Gasteiger partial charge on any atom is -0.465 e. The first-order valence-electron chi connectivity index (χ1n) is 7.72. The van der Waals surface area contributed by atoms with E-state index in [9.17, 15) is 9.59 Å². The summed E-state index contributed by atoms with van der Waals surface area (Å²) < 4.78 is 6.42. The summed E-state index contributed by atoms with van der Waals surface area (Å²) in [6.45, 7) is 0.576. The number of benzene rings is 2. The van der Waals surface area contributed by atoms with Crippen LogP contribution in [0.1, 0.15) is 26.3 Å². The number of ether oxygens (including phenoxy) is 1. The highest BCUT2D eigenvalue weighted by molar-refractivity contribution is 6.07. The minimum atomic E-state index is -0.504. The molecule has 0 saturated heterocycles. The molecule has 3 aromatic rings. The summed E-state index contributed by atoms with van der Waals surface area (Å²) in [6, 6.07) is 16.5. The second-order valence-electron chi connectivity index (χ2n) is 5.40. The Labute approximate surface area is 145 Å². The number of rotatable bonds is 5. The monoisotopic (exact) mass is 335 g/mol. The van der Waals surface area contributed by atoms with Crippen molar-refractivity contribution in [2.75, 3.05) is 12.4 Å². The molecule has 0 aliphatic carbocycles. The molecule has 0 unspecified atom stereocenters. The summed E-state index contributed by atoms with van der Waals surface area (Å²) in [4.78, 5) is 24.2. The van der Waals surface area contributed by atoms with E-state index >= 15 is 0 Å². The Morgan fingerprint density at radius 2 is 1.80 bits per heavy atom. The molecule has 1 amide bonds. The fourth-order valence-electron chi connectivity index (χ4n) is 2.41. The van der Waals surface area contributed by atoms with E-state index in [1.54, 1.807) is 35.1 Å². The zero-order valence-corrected chi connectivity index (χ0v) is 13.7. The molecular weight excluding hydrogens is 318 g/mol. The maximum absolute atomic E-state index is 12.4. The van der Waals surface area contributed by atoms with Crippen LogP contribution in [0.25, 0.3) is 0 Å². The van der Waals surface area contributed by atoms with Gasteiger partial charge < -0.3 is 10.1 Å². The van der Waals surface area contributed by atoms with Crippen molar-refractivity contribution < 1.29 is 14.3 Å². The molecule has 0 fully saturated rings. The van der Waals surface area contributed by atoms with Crippen LogP contribution in [0.5, 0.6) is 0 Å². The van der Waals surface area contributed by atoms with Gasteiger partial charge in [-0.05, 0) is 17.7 Å². The molecule has 1 aromatic heterocycles. The highest BCUT2D eigenvalue weighted by Gasteiger charge is 2.15. The first-order chi connectivity index (χ1) is 12.2. The van der Waals surface area contributed by atoms with Gasteiger partial charge in [0, 0.05) is 6.20 Å². The van der Waals surface area contributed by atoms with Crippen molar-refractivity contribution in [2.45, 2.75) is 6.54 Å². The van der Waals surface area contributed by atoms with Gasteiger partial charge in [0.1, 0.15) is 0 Å². The molecule has 1 N–H and O–H groups in total. The first kappa shape index (κ1) is 16.4. The average Bonchev–Trinajstić information content (AvgIpc) is 3.11. The first-order valence-corrected chi connectivity index (χ1v) is 7.72. The number of amides is 1. The standard InChI is InChI=1S/C19H17N3O3/c1-25-19(24)16-9-5-6-10-17(16)21-18(23)15-11-20-22(13-15)12-14-7-3-2-4-8-14/h2-11,13H,12H2,1H3,(H,21,23). The Bertz CT molecular complexity index is 888. The molecule has 0 radical (unpaired) electrons. The molecule has 1 heterocycles. The molecule has 0 atom stereocenters. The quantitative estimate of drug-likeness (QED) is 0.728. The van der Waals surface area contributed by atoms with Crippen LogP contribution in [0.3, 0.4) is 0 Å². The fraction of sp³-hybridized carbons (Fsp3) is 0.105. The predicted molar refractivity (Wildman–Crippen MR) is 93.5 cm³/mol. The number of nitrogens with one attached hydrogen (secondary N) is 1. The average molecular weight is 335 g/mol. The number of aromatic nitrogens is 2. The van der Waals surface area contributed by atoms with Gasteiger partial charge in [0.05, 0.1) is 36.7 Å². The summed E-state index contributed by atoms with van der Waals surface area (Å²) in [5.74, 6) is -0.841. The van der Waals surface area contributed by atoms with Crippen molar-refractivity contribution in [2.24, 2.45) is 0 Å². The van der Waals surface area contributed by atoms with Gasteiger partial charge in [-0.15, -0.1) is 0 Å². The van der Waals surface area contributed by atoms with E-state index in [4.69, 9.17) is 4.74 Å². The van der Waals surface area contributed by atoms with Gasteiger partial charge in [0.2, 0.25) is 0 Å². The molecular formula is C19H17N3O3. The number of hydrogen-bond acceptors (Lipinski definition) is 4. The van der Waals surface area contributed by atoms with Crippen molar-refractivity contribution in [1.29, 1.82) is 0 Å². The molecule has 25 heavy (non-hydrogen) atoms. The SMILES string of the molecule is COC(=O)c1ccccc1NC(=O)c1cnn(Cc2ccccc2)c1. The van der Waals surface area contributed by atoms with Crippen LogP contribution in [0.4, 0.5) is 5.69 Å². The topological polar surface area (TPSA) is 73.2 Å². The lowest BCUT2D eigenvalue weighted by atomic mass is 10.1. The second-order valence-corrected chi connectivity index (χ2v) is 5.40. The lowest BCUT2D eigenvalue weighted by Crippen LogP contribution is -2.15. The normalized spacial score (nSPS) is 10.3. The third kappa shape index (κ3) is 3.92. The van der Waals surface area contributed by atoms with Crippen molar-refractivity contribution in [3.8, 4) is 0 Å². The predicted octanol–water partition coefficient (Wildman–Crippen LogP) is 2.97. The van der Waals surface area contributed by atoms with Crippen molar-refractivity contribution in [3.05, 3.63) is 83.7 Å². The van der Waals surface area contributed by atoms with Gasteiger partial charge in [-0.25, -0.2) is 4.79 Å². The van der Waals surface area contributed by atoms with Crippen LogP contribution < -0.4 is 5.32 Å². The number of methoxy groups -OCH3 is 1. The molecule has 0 aliphatic heterocycles. The van der Waals surface area contributed by atoms with E-state index in [1.807, 2.05) is 30.3 Å². The molecule has 6 nitrogen and oxygen atoms in total. The molecule has 126 valence electrons. The smallest absolute Gasteiger partial charge is 0.339 e. The number of para-hydroxylation sites is 1. The molecule has 0 saturated carbocycles. The molecule has 0 bridgehead atoms. The summed E-state index contributed by atoms with van der Waals surface area (Å²) in [7, 11) is 1.30. The third-order valence-corrected chi connectivity index (χ3v) is 3.66. The van der Waals surface area contributed by atoms with E-state index in [2.05, 4.69) is 10.4 Å². The van der Waals surface area contributed by atoms with Crippen LogP contribution in [0, 0.1) is 0 Å². The Balaban J connectivity index is 1.74. The summed E-state index contributed by atoms with van der Waals surface area (Å²) in [5.41, 5.74) is 2.20. The summed E-state index contributed by atoms with van der Waals surface area (Å²) in [5, 5.41) is 6.94. The van der Waals surface area contributed by atoms with Gasteiger partial charge >= 0.3 is 5.97 Å². The van der Waals surface area contributed by atoms with Crippen molar-refractivity contribution in [1.82, 2.24) is 9.78 Å². The van der Waals surface area contributed by atoms with Gasteiger partial charge in [0.25, 0.3) is 5.91 Å². The van der Waals surface area contributed by atoms with E-state index in [1.165, 1.54) is 13.3 Å². The Morgan fingerprint density at radius 3 is 2.56 bits per heavy atom. The molecule has 6 heteroatoms. The maximum atomic E-state index is 12.4. The third-order valence-electron chi connectivity index (χ3n) is 3.66. The number of carbonyl (C=O) groups is 2. The van der Waals surface area contributed by atoms with Gasteiger partial charge in [-0.1, -0.05) is 42.5 Å². The molecule has 2 aromatic carbocycles.